The average Bonchev–Trinajstić information content (AvgIpc) is 2.32. The Balaban J connectivity index is 2.20. The molecular weight excluding hydrogens is 204 g/mol. The van der Waals surface area contributed by atoms with E-state index in [-0.39, 0.29) is 0 Å². The lowest BCUT2D eigenvalue weighted by atomic mass is 10.1. The van der Waals surface area contributed by atoms with Gasteiger partial charge in [0.1, 0.15) is 0 Å². The van der Waals surface area contributed by atoms with Gasteiger partial charge in [-0.05, 0) is 13.8 Å². The fraction of sp³-hybridized carbons (Fsp3) is 0.636. The Morgan fingerprint density at radius 3 is 3.00 bits per heavy atom. The minimum Gasteiger partial charge on any atom is -0.480 e. The van der Waals surface area contributed by atoms with E-state index in [1.54, 1.807) is 19.5 Å². The summed E-state index contributed by atoms with van der Waals surface area (Å²) in [6.07, 6.45) is 3.41. The van der Waals surface area contributed by atoms with E-state index in [0.717, 1.165) is 18.9 Å². The Hall–Kier alpha value is -1.36. The van der Waals surface area contributed by atoms with Gasteiger partial charge in [-0.15, -0.1) is 0 Å². The number of nitrogens with one attached hydrogen (secondary N) is 1. The van der Waals surface area contributed by atoms with Crippen LogP contribution >= 0.6 is 0 Å². The summed E-state index contributed by atoms with van der Waals surface area (Å²) < 4.78 is 5.09. The highest BCUT2D eigenvalue weighted by molar-refractivity contribution is 5.40. The molecule has 0 amide bonds. The molecule has 2 unspecified atom stereocenters. The lowest BCUT2D eigenvalue weighted by Crippen LogP contribution is -2.54. The number of methoxy groups -OCH3 is 1. The molecule has 1 aromatic heterocycles. The lowest BCUT2D eigenvalue weighted by Gasteiger charge is -2.38. The van der Waals surface area contributed by atoms with Gasteiger partial charge in [0.2, 0.25) is 5.88 Å². The number of nitrogens with zero attached hydrogens (tertiary/aromatic N) is 3. The third-order valence-electron chi connectivity index (χ3n) is 2.87. The molecule has 2 rings (SSSR count). The van der Waals surface area contributed by atoms with Crippen molar-refractivity contribution in [3.63, 3.8) is 0 Å². The first-order valence-corrected chi connectivity index (χ1v) is 5.56. The van der Waals surface area contributed by atoms with Gasteiger partial charge in [-0.2, -0.15) is 4.98 Å². The van der Waals surface area contributed by atoms with Gasteiger partial charge in [0.15, 0.2) is 5.82 Å². The van der Waals surface area contributed by atoms with Crippen molar-refractivity contribution in [3.8, 4) is 5.88 Å². The quantitative estimate of drug-likeness (QED) is 0.797. The van der Waals surface area contributed by atoms with Crippen LogP contribution in [0.1, 0.15) is 13.8 Å². The number of hydrogen-bond donors (Lipinski definition) is 1. The summed E-state index contributed by atoms with van der Waals surface area (Å²) in [5.74, 6) is 1.45. The largest absolute Gasteiger partial charge is 0.480 e. The molecule has 1 fully saturated rings. The van der Waals surface area contributed by atoms with Crippen molar-refractivity contribution in [2.24, 2.45) is 0 Å². The van der Waals surface area contributed by atoms with Gasteiger partial charge in [0.25, 0.3) is 0 Å². The summed E-state index contributed by atoms with van der Waals surface area (Å²) in [6.45, 7) is 6.27. The Morgan fingerprint density at radius 2 is 2.25 bits per heavy atom. The minimum atomic E-state index is 0.428. The van der Waals surface area contributed by atoms with Crippen LogP contribution in [0.3, 0.4) is 0 Å². The topological polar surface area (TPSA) is 50.3 Å². The molecule has 5 heteroatoms. The van der Waals surface area contributed by atoms with Crippen molar-refractivity contribution in [1.29, 1.82) is 0 Å². The Labute approximate surface area is 95.8 Å². The van der Waals surface area contributed by atoms with Crippen molar-refractivity contribution < 1.29 is 4.74 Å². The van der Waals surface area contributed by atoms with Gasteiger partial charge < -0.3 is 15.0 Å². The first-order valence-electron chi connectivity index (χ1n) is 5.56. The standard InChI is InChI=1S/C11H18N4O/c1-8-7-15(9(2)4-13-8)10-5-12-6-11(14-10)16-3/h5-6,8-9,13H,4,7H2,1-3H3. The molecule has 0 aromatic carbocycles. The fourth-order valence-electron chi connectivity index (χ4n) is 1.92. The van der Waals surface area contributed by atoms with Crippen molar-refractivity contribution in [3.05, 3.63) is 12.4 Å². The Bertz CT molecular complexity index is 358. The minimum absolute atomic E-state index is 0.428. The van der Waals surface area contributed by atoms with Crippen molar-refractivity contribution in [2.75, 3.05) is 25.1 Å². The van der Waals surface area contributed by atoms with Crippen LogP contribution in [-0.2, 0) is 0 Å². The van der Waals surface area contributed by atoms with Crippen LogP contribution in [0.25, 0.3) is 0 Å². The molecule has 16 heavy (non-hydrogen) atoms. The predicted octanol–water partition coefficient (Wildman–Crippen LogP) is 0.672. The summed E-state index contributed by atoms with van der Waals surface area (Å²) >= 11 is 0. The molecule has 1 N–H and O–H groups in total. The second-order valence-electron chi connectivity index (χ2n) is 4.23. The highest BCUT2D eigenvalue weighted by Gasteiger charge is 2.23. The molecule has 1 aromatic rings. The van der Waals surface area contributed by atoms with Gasteiger partial charge in [-0.25, -0.2) is 0 Å². The fourth-order valence-corrected chi connectivity index (χ4v) is 1.92. The molecule has 5 nitrogen and oxygen atoms in total. The first-order chi connectivity index (χ1) is 7.70. The Morgan fingerprint density at radius 1 is 1.44 bits per heavy atom. The molecule has 0 aliphatic carbocycles. The SMILES string of the molecule is COc1cncc(N2CC(C)NCC2C)n1. The number of piperazine rings is 1. The van der Waals surface area contributed by atoms with E-state index in [1.807, 2.05) is 0 Å². The number of aromatic nitrogens is 2. The van der Waals surface area contributed by atoms with Crippen LogP contribution < -0.4 is 15.0 Å². The van der Waals surface area contributed by atoms with Crippen LogP contribution in [0.4, 0.5) is 5.82 Å². The van der Waals surface area contributed by atoms with Crippen molar-refractivity contribution >= 4 is 5.82 Å². The average molecular weight is 222 g/mol. The summed E-state index contributed by atoms with van der Waals surface area (Å²) in [6, 6.07) is 0.904. The van der Waals surface area contributed by atoms with E-state index in [0.29, 0.717) is 18.0 Å². The van der Waals surface area contributed by atoms with E-state index in [1.165, 1.54) is 0 Å². The zero-order valence-corrected chi connectivity index (χ0v) is 9.97. The van der Waals surface area contributed by atoms with E-state index in [4.69, 9.17) is 4.74 Å². The van der Waals surface area contributed by atoms with Crippen LogP contribution in [-0.4, -0.2) is 42.3 Å². The highest BCUT2D eigenvalue weighted by Crippen LogP contribution is 2.18. The highest BCUT2D eigenvalue weighted by atomic mass is 16.5. The second-order valence-corrected chi connectivity index (χ2v) is 4.23. The molecule has 2 heterocycles. The molecule has 0 saturated carbocycles. The maximum Gasteiger partial charge on any atom is 0.233 e. The number of anilines is 1. The molecule has 2 atom stereocenters. The predicted molar refractivity (Wildman–Crippen MR) is 62.9 cm³/mol. The van der Waals surface area contributed by atoms with Crippen molar-refractivity contribution in [2.45, 2.75) is 25.9 Å². The Kier molecular flexibility index (Phi) is 3.24. The van der Waals surface area contributed by atoms with Crippen molar-refractivity contribution in [1.82, 2.24) is 15.3 Å². The van der Waals surface area contributed by atoms with E-state index in [2.05, 4.69) is 34.0 Å². The van der Waals surface area contributed by atoms with Gasteiger partial charge in [-0.1, -0.05) is 0 Å². The van der Waals surface area contributed by atoms with E-state index >= 15 is 0 Å². The van der Waals surface area contributed by atoms with Gasteiger partial charge in [0, 0.05) is 25.2 Å². The number of ether oxygens (including phenoxy) is 1. The lowest BCUT2D eigenvalue weighted by molar-refractivity contribution is 0.390. The van der Waals surface area contributed by atoms with Gasteiger partial charge in [0.05, 0.1) is 19.5 Å². The van der Waals surface area contributed by atoms with Crippen LogP contribution in [0.5, 0.6) is 5.88 Å². The summed E-state index contributed by atoms with van der Waals surface area (Å²) in [5, 5.41) is 3.44. The molecule has 88 valence electrons. The molecule has 0 spiro atoms. The summed E-state index contributed by atoms with van der Waals surface area (Å²) in [7, 11) is 1.61. The van der Waals surface area contributed by atoms with E-state index in [9.17, 15) is 0 Å². The third-order valence-corrected chi connectivity index (χ3v) is 2.87. The smallest absolute Gasteiger partial charge is 0.233 e. The third kappa shape index (κ3) is 2.24. The molecule has 1 aliphatic rings. The zero-order chi connectivity index (χ0) is 11.5. The molecule has 1 aliphatic heterocycles. The van der Waals surface area contributed by atoms with Gasteiger partial charge >= 0.3 is 0 Å². The van der Waals surface area contributed by atoms with Gasteiger partial charge in [-0.3, -0.25) is 4.98 Å². The number of hydrogen-bond acceptors (Lipinski definition) is 5. The second kappa shape index (κ2) is 4.65. The zero-order valence-electron chi connectivity index (χ0n) is 9.97. The first kappa shape index (κ1) is 11.1. The van der Waals surface area contributed by atoms with E-state index < -0.39 is 0 Å². The summed E-state index contributed by atoms with van der Waals surface area (Å²) in [5.41, 5.74) is 0. The molecular formula is C11H18N4O. The maximum absolute atomic E-state index is 5.09. The monoisotopic (exact) mass is 222 g/mol. The summed E-state index contributed by atoms with van der Waals surface area (Å²) in [4.78, 5) is 10.8. The number of rotatable bonds is 2. The molecule has 1 saturated heterocycles. The molecule has 0 bridgehead atoms. The molecule has 0 radical (unpaired) electrons. The van der Waals surface area contributed by atoms with Crippen LogP contribution in [0.2, 0.25) is 0 Å². The van der Waals surface area contributed by atoms with Crippen LogP contribution in [0.15, 0.2) is 12.4 Å². The normalized spacial score (nSPS) is 25.6. The van der Waals surface area contributed by atoms with Crippen LogP contribution in [0, 0.1) is 0 Å². The maximum atomic E-state index is 5.09.